The standard InChI is InChI=1S/C31H47N7O2/c39-31(38-12-2-1-3-13-38)33-27-8-6-25(7-9-27)10-14-35-15-17-36(18-16-35)29-23-26(28-5-4-11-32-28)24-30(34-29)37-19-21-40-22-20-37/h4-5,11,23-25,27,32H,1-3,6-10,12-22H2,(H,33,39). The summed E-state index contributed by atoms with van der Waals surface area (Å²) in [6.45, 7) is 10.5. The van der Waals surface area contributed by atoms with E-state index in [1.165, 1.54) is 37.8 Å². The van der Waals surface area contributed by atoms with E-state index in [1.807, 2.05) is 11.1 Å². The first-order valence-electron chi connectivity index (χ1n) is 15.7. The monoisotopic (exact) mass is 549 g/mol. The summed E-state index contributed by atoms with van der Waals surface area (Å²) in [5.74, 6) is 2.92. The molecule has 2 N–H and O–H groups in total. The number of aromatic nitrogens is 2. The van der Waals surface area contributed by atoms with Crippen molar-refractivity contribution in [3.63, 3.8) is 0 Å². The molecular formula is C31H47N7O2. The van der Waals surface area contributed by atoms with Crippen molar-refractivity contribution in [3.05, 3.63) is 30.5 Å². The summed E-state index contributed by atoms with van der Waals surface area (Å²) >= 11 is 0. The number of carbonyl (C=O) groups excluding carboxylic acids is 1. The van der Waals surface area contributed by atoms with E-state index >= 15 is 0 Å². The maximum atomic E-state index is 12.6. The van der Waals surface area contributed by atoms with Crippen molar-refractivity contribution in [1.82, 2.24) is 25.1 Å². The van der Waals surface area contributed by atoms with Crippen molar-refractivity contribution in [3.8, 4) is 11.3 Å². The molecule has 218 valence electrons. The predicted octanol–water partition coefficient (Wildman–Crippen LogP) is 4.18. The van der Waals surface area contributed by atoms with E-state index in [-0.39, 0.29) is 6.03 Å². The van der Waals surface area contributed by atoms with Crippen molar-refractivity contribution in [2.75, 3.05) is 81.9 Å². The number of pyridine rings is 1. The van der Waals surface area contributed by atoms with Gasteiger partial charge in [0.05, 0.1) is 13.2 Å². The van der Waals surface area contributed by atoms with Gasteiger partial charge in [0.25, 0.3) is 0 Å². The number of piperidine rings is 1. The summed E-state index contributed by atoms with van der Waals surface area (Å²) in [6, 6.07) is 9.19. The number of anilines is 2. The Labute approximate surface area is 239 Å². The van der Waals surface area contributed by atoms with E-state index in [0.29, 0.717) is 6.04 Å². The van der Waals surface area contributed by atoms with E-state index < -0.39 is 0 Å². The summed E-state index contributed by atoms with van der Waals surface area (Å²) in [7, 11) is 0. The number of likely N-dealkylation sites (tertiary alicyclic amines) is 1. The van der Waals surface area contributed by atoms with Crippen LogP contribution in [0.25, 0.3) is 11.3 Å². The Balaban J connectivity index is 0.968. The number of morpholine rings is 1. The van der Waals surface area contributed by atoms with Crippen molar-refractivity contribution >= 4 is 17.7 Å². The van der Waals surface area contributed by atoms with Crippen LogP contribution in [-0.4, -0.2) is 104 Å². The SMILES string of the molecule is O=C(NC1CCC(CCN2CCN(c3cc(-c4ccc[nH]4)cc(N4CCOCC4)n3)CC2)CC1)N1CCCCC1. The largest absolute Gasteiger partial charge is 0.378 e. The Kier molecular flexibility index (Phi) is 9.08. The third kappa shape index (κ3) is 6.92. The van der Waals surface area contributed by atoms with Gasteiger partial charge in [0, 0.05) is 75.9 Å². The number of hydrogen-bond acceptors (Lipinski definition) is 6. The van der Waals surface area contributed by atoms with Crippen molar-refractivity contribution in [2.45, 2.75) is 57.4 Å². The highest BCUT2D eigenvalue weighted by Crippen LogP contribution is 2.30. The Hall–Kier alpha value is -2.78. The van der Waals surface area contributed by atoms with Crippen LogP contribution in [-0.2, 0) is 4.74 Å². The second kappa shape index (κ2) is 13.3. The fourth-order valence-electron chi connectivity index (χ4n) is 6.81. The molecular weight excluding hydrogens is 502 g/mol. The summed E-state index contributed by atoms with van der Waals surface area (Å²) in [6.07, 6.45) is 11.6. The van der Waals surface area contributed by atoms with Gasteiger partial charge in [0.1, 0.15) is 11.6 Å². The van der Waals surface area contributed by atoms with Crippen LogP contribution >= 0.6 is 0 Å². The third-order valence-electron chi connectivity index (χ3n) is 9.41. The number of urea groups is 1. The third-order valence-corrected chi connectivity index (χ3v) is 9.41. The topological polar surface area (TPSA) is 80.0 Å². The minimum absolute atomic E-state index is 0.172. The molecule has 6 rings (SSSR count). The highest BCUT2D eigenvalue weighted by molar-refractivity contribution is 5.74. The lowest BCUT2D eigenvalue weighted by atomic mass is 9.84. The lowest BCUT2D eigenvalue weighted by Crippen LogP contribution is -2.48. The highest BCUT2D eigenvalue weighted by atomic mass is 16.5. The zero-order chi connectivity index (χ0) is 27.1. The maximum Gasteiger partial charge on any atom is 0.317 e. The van der Waals surface area contributed by atoms with Gasteiger partial charge >= 0.3 is 6.03 Å². The molecule has 5 heterocycles. The molecule has 0 unspecified atom stereocenters. The maximum absolute atomic E-state index is 12.6. The zero-order valence-corrected chi connectivity index (χ0v) is 24.0. The van der Waals surface area contributed by atoms with Crippen LogP contribution in [0.3, 0.4) is 0 Å². The van der Waals surface area contributed by atoms with Gasteiger partial charge in [-0.05, 0) is 88.1 Å². The quantitative estimate of drug-likeness (QED) is 0.540. The molecule has 1 saturated carbocycles. The van der Waals surface area contributed by atoms with E-state index in [0.717, 1.165) is 115 Å². The van der Waals surface area contributed by atoms with Crippen LogP contribution in [0.2, 0.25) is 0 Å². The average Bonchev–Trinajstić information content (AvgIpc) is 3.57. The van der Waals surface area contributed by atoms with Crippen LogP contribution in [0.5, 0.6) is 0 Å². The molecule has 0 aromatic carbocycles. The molecule has 9 heteroatoms. The molecule has 4 aliphatic rings. The van der Waals surface area contributed by atoms with Crippen LogP contribution in [0, 0.1) is 5.92 Å². The van der Waals surface area contributed by atoms with Crippen LogP contribution < -0.4 is 15.1 Å². The number of ether oxygens (including phenoxy) is 1. The normalized spacial score (nSPS) is 24.8. The predicted molar refractivity (Wildman–Crippen MR) is 160 cm³/mol. The van der Waals surface area contributed by atoms with E-state index in [4.69, 9.17) is 9.72 Å². The number of carbonyl (C=O) groups is 1. The minimum Gasteiger partial charge on any atom is -0.378 e. The Morgan fingerprint density at radius 2 is 1.60 bits per heavy atom. The number of H-pyrrole nitrogens is 1. The second-order valence-electron chi connectivity index (χ2n) is 12.1. The molecule has 3 aliphatic heterocycles. The van der Waals surface area contributed by atoms with Crippen LogP contribution in [0.4, 0.5) is 16.4 Å². The molecule has 9 nitrogen and oxygen atoms in total. The highest BCUT2D eigenvalue weighted by Gasteiger charge is 2.26. The number of piperazine rings is 1. The molecule has 0 bridgehead atoms. The van der Waals surface area contributed by atoms with Crippen molar-refractivity contribution < 1.29 is 9.53 Å². The summed E-state index contributed by atoms with van der Waals surface area (Å²) in [5.41, 5.74) is 2.33. The summed E-state index contributed by atoms with van der Waals surface area (Å²) in [4.78, 5) is 30.5. The van der Waals surface area contributed by atoms with E-state index in [9.17, 15) is 4.79 Å². The van der Waals surface area contributed by atoms with Gasteiger partial charge in [0.15, 0.2) is 0 Å². The van der Waals surface area contributed by atoms with Gasteiger partial charge in [-0.3, -0.25) is 4.90 Å². The molecule has 0 spiro atoms. The van der Waals surface area contributed by atoms with Gasteiger partial charge in [-0.1, -0.05) is 0 Å². The van der Waals surface area contributed by atoms with Crippen LogP contribution in [0.1, 0.15) is 51.4 Å². The second-order valence-corrected chi connectivity index (χ2v) is 12.1. The van der Waals surface area contributed by atoms with Gasteiger partial charge in [0.2, 0.25) is 0 Å². The zero-order valence-electron chi connectivity index (χ0n) is 24.0. The molecule has 1 aliphatic carbocycles. The van der Waals surface area contributed by atoms with E-state index in [1.54, 1.807) is 0 Å². The molecule has 2 aromatic rings. The number of amides is 2. The smallest absolute Gasteiger partial charge is 0.317 e. The van der Waals surface area contributed by atoms with E-state index in [2.05, 4.69) is 49.3 Å². The van der Waals surface area contributed by atoms with Gasteiger partial charge in [-0.25, -0.2) is 9.78 Å². The molecule has 0 radical (unpaired) electrons. The first-order valence-corrected chi connectivity index (χ1v) is 15.7. The molecule has 4 fully saturated rings. The minimum atomic E-state index is 0.172. The fraction of sp³-hybridized carbons (Fsp3) is 0.677. The Morgan fingerprint density at radius 1 is 0.900 bits per heavy atom. The van der Waals surface area contributed by atoms with Crippen molar-refractivity contribution in [1.29, 1.82) is 0 Å². The summed E-state index contributed by atoms with van der Waals surface area (Å²) in [5, 5.41) is 3.33. The number of aromatic amines is 1. The Bertz CT molecular complexity index is 1070. The Morgan fingerprint density at radius 3 is 2.27 bits per heavy atom. The lowest BCUT2D eigenvalue weighted by molar-refractivity contribution is 0.122. The number of hydrogen-bond donors (Lipinski definition) is 2. The molecule has 2 aromatic heterocycles. The molecule has 2 amide bonds. The fourth-order valence-corrected chi connectivity index (χ4v) is 6.81. The van der Waals surface area contributed by atoms with Gasteiger partial charge in [-0.15, -0.1) is 0 Å². The summed E-state index contributed by atoms with van der Waals surface area (Å²) < 4.78 is 5.58. The first kappa shape index (κ1) is 27.4. The number of nitrogens with zero attached hydrogens (tertiary/aromatic N) is 5. The van der Waals surface area contributed by atoms with Gasteiger partial charge in [-0.2, -0.15) is 0 Å². The lowest BCUT2D eigenvalue weighted by Gasteiger charge is -2.37. The molecule has 40 heavy (non-hydrogen) atoms. The van der Waals surface area contributed by atoms with Gasteiger partial charge < -0.3 is 29.7 Å². The molecule has 3 saturated heterocycles. The first-order chi connectivity index (χ1) is 19.7. The molecule has 0 atom stereocenters. The number of rotatable bonds is 7. The van der Waals surface area contributed by atoms with Crippen molar-refractivity contribution in [2.24, 2.45) is 5.92 Å². The average molecular weight is 550 g/mol. The number of nitrogens with one attached hydrogen (secondary N) is 2. The van der Waals surface area contributed by atoms with Crippen LogP contribution in [0.15, 0.2) is 30.5 Å².